The minimum atomic E-state index is -0.827. The van der Waals surface area contributed by atoms with Crippen molar-refractivity contribution in [2.75, 3.05) is 18.5 Å². The number of nitrogens with one attached hydrogen (secondary N) is 1. The summed E-state index contributed by atoms with van der Waals surface area (Å²) >= 11 is 1.24. The molecule has 166 valence electrons. The van der Waals surface area contributed by atoms with Crippen LogP contribution in [0.25, 0.3) is 11.1 Å². The first-order valence-electron chi connectivity index (χ1n) is 9.94. The van der Waals surface area contributed by atoms with E-state index < -0.39 is 24.5 Å². The van der Waals surface area contributed by atoms with E-state index in [4.69, 9.17) is 9.47 Å². The third-order valence-electron chi connectivity index (χ3n) is 4.62. The standard InChI is InChI=1S/C24H23NO6S/c1-4-30-24(29)21-20(16-11-9-14(2)10-12-16)15(3)32-22(21)25-19(27)13-31-23(28)17-7-5-6-8-18(17)26/h5-12,26H,4,13H2,1-3H3,(H,25,27). The van der Waals surface area contributed by atoms with Crippen LogP contribution in [-0.2, 0) is 14.3 Å². The normalized spacial score (nSPS) is 10.5. The van der Waals surface area contributed by atoms with Gasteiger partial charge in [0, 0.05) is 10.4 Å². The third kappa shape index (κ3) is 5.15. The van der Waals surface area contributed by atoms with Gasteiger partial charge in [-0.05, 0) is 38.5 Å². The number of hydrogen-bond donors (Lipinski definition) is 2. The molecule has 32 heavy (non-hydrogen) atoms. The first-order valence-corrected chi connectivity index (χ1v) is 10.8. The number of rotatable bonds is 7. The number of aromatic hydroxyl groups is 1. The van der Waals surface area contributed by atoms with Crippen LogP contribution in [0.5, 0.6) is 5.75 Å². The van der Waals surface area contributed by atoms with E-state index in [0.717, 1.165) is 16.0 Å². The summed E-state index contributed by atoms with van der Waals surface area (Å²) in [6.45, 7) is 5.15. The van der Waals surface area contributed by atoms with Gasteiger partial charge in [0.1, 0.15) is 21.9 Å². The molecule has 1 aromatic heterocycles. The summed E-state index contributed by atoms with van der Waals surface area (Å²) in [5.74, 6) is -2.23. The van der Waals surface area contributed by atoms with Crippen LogP contribution < -0.4 is 5.32 Å². The van der Waals surface area contributed by atoms with Crippen molar-refractivity contribution in [3.05, 3.63) is 70.1 Å². The number of phenols is 1. The molecule has 0 aliphatic carbocycles. The van der Waals surface area contributed by atoms with Gasteiger partial charge in [-0.25, -0.2) is 9.59 Å². The molecule has 0 aliphatic rings. The van der Waals surface area contributed by atoms with E-state index in [9.17, 15) is 19.5 Å². The van der Waals surface area contributed by atoms with E-state index >= 15 is 0 Å². The summed E-state index contributed by atoms with van der Waals surface area (Å²) in [6.07, 6.45) is 0. The average molecular weight is 454 g/mol. The molecule has 8 heteroatoms. The van der Waals surface area contributed by atoms with Gasteiger partial charge in [-0.3, -0.25) is 4.79 Å². The number of esters is 2. The van der Waals surface area contributed by atoms with E-state index in [0.29, 0.717) is 10.6 Å². The van der Waals surface area contributed by atoms with Gasteiger partial charge >= 0.3 is 11.9 Å². The zero-order valence-corrected chi connectivity index (χ0v) is 18.7. The Hall–Kier alpha value is -3.65. The Morgan fingerprint density at radius 2 is 1.66 bits per heavy atom. The first kappa shape index (κ1) is 23.0. The second-order valence-corrected chi connectivity index (χ2v) is 8.19. The number of thiophene rings is 1. The Bertz CT molecular complexity index is 1150. The number of carbonyl (C=O) groups is 3. The topological polar surface area (TPSA) is 102 Å². The number of benzene rings is 2. The summed E-state index contributed by atoms with van der Waals surface area (Å²) in [6, 6.07) is 13.6. The Labute approximate surface area is 189 Å². The lowest BCUT2D eigenvalue weighted by atomic mass is 10.0. The monoisotopic (exact) mass is 453 g/mol. The molecular formula is C24H23NO6S. The van der Waals surface area contributed by atoms with Gasteiger partial charge in [-0.15, -0.1) is 11.3 Å². The van der Waals surface area contributed by atoms with Gasteiger partial charge in [0.05, 0.1) is 6.61 Å². The smallest absolute Gasteiger partial charge is 0.342 e. The lowest BCUT2D eigenvalue weighted by Gasteiger charge is -2.10. The van der Waals surface area contributed by atoms with Gasteiger partial charge in [-0.2, -0.15) is 0 Å². The van der Waals surface area contributed by atoms with Crippen molar-refractivity contribution in [1.29, 1.82) is 0 Å². The number of phenolic OH excluding ortho intramolecular Hbond substituents is 1. The summed E-state index contributed by atoms with van der Waals surface area (Å²) < 4.78 is 10.2. The quantitative estimate of drug-likeness (QED) is 0.503. The molecule has 0 saturated heterocycles. The highest BCUT2D eigenvalue weighted by Crippen LogP contribution is 2.40. The van der Waals surface area contributed by atoms with Gasteiger partial charge in [0.25, 0.3) is 5.91 Å². The van der Waals surface area contributed by atoms with Crippen molar-refractivity contribution < 1.29 is 29.0 Å². The van der Waals surface area contributed by atoms with Gasteiger partial charge < -0.3 is 19.9 Å². The lowest BCUT2D eigenvalue weighted by molar-refractivity contribution is -0.119. The Balaban J connectivity index is 1.82. The number of amides is 1. The summed E-state index contributed by atoms with van der Waals surface area (Å²) in [4.78, 5) is 38.2. The fourth-order valence-electron chi connectivity index (χ4n) is 3.12. The zero-order valence-electron chi connectivity index (χ0n) is 17.9. The molecule has 3 rings (SSSR count). The van der Waals surface area contributed by atoms with E-state index in [-0.39, 0.29) is 23.5 Å². The maximum Gasteiger partial charge on any atom is 0.342 e. The number of para-hydroxylation sites is 1. The predicted molar refractivity (Wildman–Crippen MR) is 122 cm³/mol. The minimum absolute atomic E-state index is 0.0406. The van der Waals surface area contributed by atoms with Gasteiger partial charge in [-0.1, -0.05) is 42.0 Å². The van der Waals surface area contributed by atoms with E-state index in [1.165, 1.54) is 23.5 Å². The molecule has 0 unspecified atom stereocenters. The minimum Gasteiger partial charge on any atom is -0.507 e. The van der Waals surface area contributed by atoms with Crippen molar-refractivity contribution in [1.82, 2.24) is 0 Å². The van der Waals surface area contributed by atoms with Crippen molar-refractivity contribution in [3.8, 4) is 16.9 Å². The molecule has 3 aromatic rings. The van der Waals surface area contributed by atoms with Crippen molar-refractivity contribution >= 4 is 34.2 Å². The molecule has 0 spiro atoms. The van der Waals surface area contributed by atoms with Crippen LogP contribution in [-0.4, -0.2) is 36.2 Å². The molecule has 2 aromatic carbocycles. The average Bonchev–Trinajstić information content (AvgIpc) is 3.08. The molecule has 0 atom stereocenters. The molecule has 2 N–H and O–H groups in total. The van der Waals surface area contributed by atoms with E-state index in [1.807, 2.05) is 38.1 Å². The van der Waals surface area contributed by atoms with E-state index in [2.05, 4.69) is 5.32 Å². The molecule has 0 saturated carbocycles. The number of hydrogen-bond acceptors (Lipinski definition) is 7. The second kappa shape index (κ2) is 10.1. The maximum absolute atomic E-state index is 12.7. The highest BCUT2D eigenvalue weighted by Gasteiger charge is 2.26. The number of carbonyl (C=O) groups excluding carboxylic acids is 3. The van der Waals surface area contributed by atoms with E-state index in [1.54, 1.807) is 19.1 Å². The second-order valence-electron chi connectivity index (χ2n) is 6.97. The van der Waals surface area contributed by atoms with Gasteiger partial charge in [0.2, 0.25) is 0 Å². The molecular weight excluding hydrogens is 430 g/mol. The van der Waals surface area contributed by atoms with Crippen LogP contribution >= 0.6 is 11.3 Å². The maximum atomic E-state index is 12.7. The number of ether oxygens (including phenoxy) is 2. The predicted octanol–water partition coefficient (Wildman–Crippen LogP) is 4.71. The first-order chi connectivity index (χ1) is 15.3. The van der Waals surface area contributed by atoms with Crippen molar-refractivity contribution in [3.63, 3.8) is 0 Å². The summed E-state index contributed by atoms with van der Waals surface area (Å²) in [7, 11) is 0. The molecule has 1 amide bonds. The molecule has 7 nitrogen and oxygen atoms in total. The van der Waals surface area contributed by atoms with Crippen LogP contribution in [0.3, 0.4) is 0 Å². The van der Waals surface area contributed by atoms with Crippen LogP contribution in [0.15, 0.2) is 48.5 Å². The molecule has 0 radical (unpaired) electrons. The Morgan fingerprint density at radius 1 is 0.969 bits per heavy atom. The highest BCUT2D eigenvalue weighted by molar-refractivity contribution is 7.17. The van der Waals surface area contributed by atoms with Crippen LogP contribution in [0.1, 0.15) is 38.1 Å². The SMILES string of the molecule is CCOC(=O)c1c(NC(=O)COC(=O)c2ccccc2O)sc(C)c1-c1ccc(C)cc1. The summed E-state index contributed by atoms with van der Waals surface area (Å²) in [5.41, 5.74) is 2.83. The van der Waals surface area contributed by atoms with Crippen LogP contribution in [0, 0.1) is 13.8 Å². The third-order valence-corrected chi connectivity index (χ3v) is 5.64. The lowest BCUT2D eigenvalue weighted by Crippen LogP contribution is -2.21. The molecule has 0 aliphatic heterocycles. The molecule has 0 bridgehead atoms. The highest BCUT2D eigenvalue weighted by atomic mass is 32.1. The van der Waals surface area contributed by atoms with Crippen molar-refractivity contribution in [2.24, 2.45) is 0 Å². The largest absolute Gasteiger partial charge is 0.507 e. The van der Waals surface area contributed by atoms with Crippen LogP contribution in [0.4, 0.5) is 5.00 Å². The molecule has 0 fully saturated rings. The fourth-order valence-corrected chi connectivity index (χ4v) is 4.20. The van der Waals surface area contributed by atoms with Crippen LogP contribution in [0.2, 0.25) is 0 Å². The number of anilines is 1. The zero-order chi connectivity index (χ0) is 23.3. The fraction of sp³-hybridized carbons (Fsp3) is 0.208. The molecule has 1 heterocycles. The summed E-state index contributed by atoms with van der Waals surface area (Å²) in [5, 5.41) is 12.7. The Morgan fingerprint density at radius 3 is 2.31 bits per heavy atom. The number of aryl methyl sites for hydroxylation is 2. The Kier molecular flexibility index (Phi) is 7.27. The van der Waals surface area contributed by atoms with Gasteiger partial charge in [0.15, 0.2) is 6.61 Å². The van der Waals surface area contributed by atoms with Crippen molar-refractivity contribution in [2.45, 2.75) is 20.8 Å².